The molecule has 3 nitrogen and oxygen atoms in total. The number of hydrogen-bond acceptors (Lipinski definition) is 3. The fraction of sp³-hybridized carbons (Fsp3) is 0.429. The number of carbonyl (C=O) groups is 1. The standard InChI is InChI=1S/C7H11O3/c1-4-6(9)7(3,10)5(2)8/h4-5,8,10H,1-2H2,3H3. The van der Waals surface area contributed by atoms with Crippen molar-refractivity contribution in [1.82, 2.24) is 0 Å². The summed E-state index contributed by atoms with van der Waals surface area (Å²) in [6, 6.07) is 0. The van der Waals surface area contributed by atoms with Crippen LogP contribution in [0.3, 0.4) is 0 Å². The van der Waals surface area contributed by atoms with Gasteiger partial charge in [0, 0.05) is 0 Å². The zero-order valence-corrected chi connectivity index (χ0v) is 5.87. The Kier molecular flexibility index (Phi) is 2.75. The van der Waals surface area contributed by atoms with Crippen LogP contribution in [0.5, 0.6) is 0 Å². The van der Waals surface area contributed by atoms with Crippen molar-refractivity contribution in [2.75, 3.05) is 0 Å². The Morgan fingerprint density at radius 2 is 2.20 bits per heavy atom. The van der Waals surface area contributed by atoms with Crippen molar-refractivity contribution in [3.8, 4) is 0 Å². The molecule has 0 rings (SSSR count). The van der Waals surface area contributed by atoms with E-state index in [0.717, 1.165) is 6.08 Å². The number of rotatable bonds is 3. The van der Waals surface area contributed by atoms with Crippen LogP contribution < -0.4 is 0 Å². The van der Waals surface area contributed by atoms with Crippen LogP contribution >= 0.6 is 0 Å². The average molecular weight is 143 g/mol. The van der Waals surface area contributed by atoms with Crippen LogP contribution in [0.25, 0.3) is 0 Å². The summed E-state index contributed by atoms with van der Waals surface area (Å²) in [4.78, 5) is 10.7. The quantitative estimate of drug-likeness (QED) is 0.533. The number of aliphatic hydroxyl groups is 2. The van der Waals surface area contributed by atoms with Gasteiger partial charge >= 0.3 is 0 Å². The van der Waals surface area contributed by atoms with Gasteiger partial charge in [0.15, 0.2) is 5.78 Å². The van der Waals surface area contributed by atoms with Gasteiger partial charge in [-0.15, -0.1) is 0 Å². The lowest BCUT2D eigenvalue weighted by atomic mass is 9.95. The Balaban J connectivity index is 4.39. The van der Waals surface area contributed by atoms with Gasteiger partial charge in [0.1, 0.15) is 5.60 Å². The largest absolute Gasteiger partial charge is 0.390 e. The van der Waals surface area contributed by atoms with E-state index in [-0.39, 0.29) is 0 Å². The highest BCUT2D eigenvalue weighted by molar-refractivity contribution is 5.96. The molecule has 0 aliphatic rings. The molecule has 57 valence electrons. The fourth-order valence-electron chi connectivity index (χ4n) is 0.371. The van der Waals surface area contributed by atoms with Crippen molar-refractivity contribution in [1.29, 1.82) is 0 Å². The molecule has 0 saturated heterocycles. The molecule has 0 aliphatic carbocycles. The molecule has 0 spiro atoms. The lowest BCUT2D eigenvalue weighted by molar-refractivity contribution is -0.138. The van der Waals surface area contributed by atoms with Crippen molar-refractivity contribution in [3.05, 3.63) is 19.6 Å². The van der Waals surface area contributed by atoms with Gasteiger partial charge in [0.05, 0.1) is 6.10 Å². The minimum atomic E-state index is -1.80. The zero-order chi connectivity index (χ0) is 8.36. The SMILES string of the molecule is [CH2]C(O)C(C)(O)C(=O)C=C. The summed E-state index contributed by atoms with van der Waals surface area (Å²) in [7, 11) is 0. The molecule has 2 N–H and O–H groups in total. The van der Waals surface area contributed by atoms with Crippen molar-refractivity contribution >= 4 is 5.78 Å². The van der Waals surface area contributed by atoms with Gasteiger partial charge < -0.3 is 10.2 Å². The third-order valence-corrected chi connectivity index (χ3v) is 1.33. The van der Waals surface area contributed by atoms with Gasteiger partial charge in [-0.25, -0.2) is 0 Å². The van der Waals surface area contributed by atoms with E-state index < -0.39 is 17.5 Å². The van der Waals surface area contributed by atoms with Gasteiger partial charge in [-0.2, -0.15) is 0 Å². The van der Waals surface area contributed by atoms with Crippen LogP contribution in [-0.4, -0.2) is 27.7 Å². The summed E-state index contributed by atoms with van der Waals surface area (Å²) in [6.07, 6.45) is -0.369. The van der Waals surface area contributed by atoms with E-state index in [9.17, 15) is 4.79 Å². The number of aliphatic hydroxyl groups excluding tert-OH is 1. The van der Waals surface area contributed by atoms with E-state index in [1.807, 2.05) is 0 Å². The fourth-order valence-corrected chi connectivity index (χ4v) is 0.371. The Labute approximate surface area is 60.0 Å². The third kappa shape index (κ3) is 1.65. The summed E-state index contributed by atoms with van der Waals surface area (Å²) < 4.78 is 0. The molecule has 2 atom stereocenters. The maximum atomic E-state index is 10.7. The lowest BCUT2D eigenvalue weighted by Gasteiger charge is -2.22. The van der Waals surface area contributed by atoms with Crippen molar-refractivity contribution < 1.29 is 15.0 Å². The molecule has 2 unspecified atom stereocenters. The van der Waals surface area contributed by atoms with Gasteiger partial charge in [-0.05, 0) is 19.9 Å². The normalized spacial score (nSPS) is 19.2. The molecule has 0 aliphatic heterocycles. The van der Waals surface area contributed by atoms with Crippen molar-refractivity contribution in [2.45, 2.75) is 18.6 Å². The first kappa shape index (κ1) is 9.33. The molecule has 0 bridgehead atoms. The van der Waals surface area contributed by atoms with Crippen LogP contribution in [0.1, 0.15) is 6.92 Å². The number of carbonyl (C=O) groups excluding carboxylic acids is 1. The first-order valence-electron chi connectivity index (χ1n) is 2.83. The van der Waals surface area contributed by atoms with Crippen molar-refractivity contribution in [2.24, 2.45) is 0 Å². The van der Waals surface area contributed by atoms with Crippen molar-refractivity contribution in [3.63, 3.8) is 0 Å². The Bertz CT molecular complexity index is 147. The second kappa shape index (κ2) is 2.94. The van der Waals surface area contributed by atoms with Gasteiger partial charge in [0.2, 0.25) is 0 Å². The highest BCUT2D eigenvalue weighted by atomic mass is 16.3. The zero-order valence-electron chi connectivity index (χ0n) is 5.87. The minimum absolute atomic E-state index is 0.630. The topological polar surface area (TPSA) is 57.5 Å². The van der Waals surface area contributed by atoms with Crippen LogP contribution in [0.4, 0.5) is 0 Å². The van der Waals surface area contributed by atoms with E-state index in [1.165, 1.54) is 6.92 Å². The number of ketones is 1. The van der Waals surface area contributed by atoms with E-state index in [1.54, 1.807) is 0 Å². The Morgan fingerprint density at radius 1 is 1.80 bits per heavy atom. The Hall–Kier alpha value is -0.670. The highest BCUT2D eigenvalue weighted by Crippen LogP contribution is 2.10. The monoisotopic (exact) mass is 143 g/mol. The molecule has 0 heterocycles. The van der Waals surface area contributed by atoms with Gasteiger partial charge in [-0.3, -0.25) is 4.79 Å². The second-order valence-electron chi connectivity index (χ2n) is 2.23. The summed E-state index contributed by atoms with van der Waals surface area (Å²) in [5.74, 6) is -0.630. The maximum absolute atomic E-state index is 10.7. The van der Waals surface area contributed by atoms with Gasteiger partial charge in [-0.1, -0.05) is 6.58 Å². The minimum Gasteiger partial charge on any atom is -0.390 e. The van der Waals surface area contributed by atoms with E-state index >= 15 is 0 Å². The third-order valence-electron chi connectivity index (χ3n) is 1.33. The number of hydrogen-bond donors (Lipinski definition) is 2. The van der Waals surface area contributed by atoms with E-state index in [4.69, 9.17) is 10.2 Å². The van der Waals surface area contributed by atoms with Crippen LogP contribution in [0.2, 0.25) is 0 Å². The summed E-state index contributed by atoms with van der Waals surface area (Å²) >= 11 is 0. The molecular weight excluding hydrogens is 132 g/mol. The molecule has 0 amide bonds. The van der Waals surface area contributed by atoms with E-state index in [0.29, 0.717) is 0 Å². The van der Waals surface area contributed by atoms with Gasteiger partial charge in [0.25, 0.3) is 0 Å². The highest BCUT2D eigenvalue weighted by Gasteiger charge is 2.33. The molecule has 0 aromatic rings. The summed E-state index contributed by atoms with van der Waals surface area (Å²) in [5.41, 5.74) is -1.80. The molecular formula is C7H11O3. The predicted octanol–water partition coefficient (Wildman–Crippen LogP) is -0.313. The Morgan fingerprint density at radius 3 is 2.30 bits per heavy atom. The lowest BCUT2D eigenvalue weighted by Crippen LogP contribution is -2.44. The first-order chi connectivity index (χ1) is 4.42. The molecule has 10 heavy (non-hydrogen) atoms. The molecule has 0 saturated carbocycles. The van der Waals surface area contributed by atoms with Crippen LogP contribution in [-0.2, 0) is 4.79 Å². The second-order valence-corrected chi connectivity index (χ2v) is 2.23. The molecule has 0 aromatic carbocycles. The molecule has 1 radical (unpaired) electrons. The van der Waals surface area contributed by atoms with Crippen LogP contribution in [0.15, 0.2) is 12.7 Å². The maximum Gasteiger partial charge on any atom is 0.188 e. The van der Waals surface area contributed by atoms with E-state index in [2.05, 4.69) is 13.5 Å². The van der Waals surface area contributed by atoms with Crippen LogP contribution in [0, 0.1) is 6.92 Å². The summed E-state index contributed by atoms with van der Waals surface area (Å²) in [5, 5.41) is 17.9. The molecule has 0 aromatic heterocycles. The molecule has 3 heteroatoms. The predicted molar refractivity (Wildman–Crippen MR) is 37.2 cm³/mol. The average Bonchev–Trinajstić information content (AvgIpc) is 1.86. The summed E-state index contributed by atoms with van der Waals surface area (Å²) in [6.45, 7) is 7.47. The first-order valence-corrected chi connectivity index (χ1v) is 2.83. The molecule has 0 fully saturated rings. The smallest absolute Gasteiger partial charge is 0.188 e.